The number of carbonyl (C=O) groups is 1. The molecular weight excluding hydrogens is 302 g/mol. The molecule has 0 aliphatic carbocycles. The van der Waals surface area contributed by atoms with Gasteiger partial charge in [0, 0.05) is 15.8 Å². The van der Waals surface area contributed by atoms with E-state index in [1.165, 1.54) is 11.3 Å². The van der Waals surface area contributed by atoms with Crippen LogP contribution in [0.15, 0.2) is 42.5 Å². The summed E-state index contributed by atoms with van der Waals surface area (Å²) in [6, 6.07) is 13.7. The minimum absolute atomic E-state index is 0.161. The summed E-state index contributed by atoms with van der Waals surface area (Å²) in [5.74, 6) is -0.161. The molecule has 0 saturated carbocycles. The van der Waals surface area contributed by atoms with Crippen LogP contribution in [0.3, 0.4) is 0 Å². The smallest absolute Gasteiger partial charge is 0.267 e. The SMILES string of the molecule is Cc1cc(C)cc(NC(=O)c2sc3ccccc3c2Cl)c1. The minimum atomic E-state index is -0.161. The Hall–Kier alpha value is -1.84. The Bertz CT molecular complexity index is 818. The van der Waals surface area contributed by atoms with Crippen LogP contribution in [0.1, 0.15) is 20.8 Å². The first-order valence-corrected chi connectivity index (χ1v) is 7.81. The summed E-state index contributed by atoms with van der Waals surface area (Å²) >= 11 is 7.75. The third-order valence-corrected chi connectivity index (χ3v) is 4.89. The normalized spacial score (nSPS) is 10.8. The van der Waals surface area contributed by atoms with Crippen molar-refractivity contribution < 1.29 is 4.79 Å². The van der Waals surface area contributed by atoms with E-state index in [0.717, 1.165) is 26.9 Å². The van der Waals surface area contributed by atoms with Crippen LogP contribution in [0.2, 0.25) is 5.02 Å². The van der Waals surface area contributed by atoms with Crippen LogP contribution in [-0.2, 0) is 0 Å². The van der Waals surface area contributed by atoms with Crippen molar-refractivity contribution in [3.63, 3.8) is 0 Å². The molecule has 1 N–H and O–H groups in total. The number of anilines is 1. The van der Waals surface area contributed by atoms with Gasteiger partial charge in [-0.05, 0) is 43.2 Å². The lowest BCUT2D eigenvalue weighted by Gasteiger charge is -2.06. The molecule has 106 valence electrons. The Morgan fingerprint density at radius 2 is 1.76 bits per heavy atom. The predicted octanol–water partition coefficient (Wildman–Crippen LogP) is 5.42. The molecule has 0 aliphatic rings. The topological polar surface area (TPSA) is 29.1 Å². The highest BCUT2D eigenvalue weighted by atomic mass is 35.5. The van der Waals surface area contributed by atoms with Gasteiger partial charge in [-0.2, -0.15) is 0 Å². The van der Waals surface area contributed by atoms with Crippen LogP contribution >= 0.6 is 22.9 Å². The van der Waals surface area contributed by atoms with Gasteiger partial charge < -0.3 is 5.32 Å². The molecule has 0 fully saturated rings. The number of hydrogen-bond donors (Lipinski definition) is 1. The monoisotopic (exact) mass is 315 g/mol. The second kappa shape index (κ2) is 5.51. The molecule has 1 heterocycles. The van der Waals surface area contributed by atoms with Gasteiger partial charge in [-0.25, -0.2) is 0 Å². The molecule has 2 aromatic carbocycles. The van der Waals surface area contributed by atoms with E-state index in [-0.39, 0.29) is 5.91 Å². The number of benzene rings is 2. The second-order valence-electron chi connectivity index (χ2n) is 5.07. The number of fused-ring (bicyclic) bond motifs is 1. The Kier molecular flexibility index (Phi) is 3.70. The lowest BCUT2D eigenvalue weighted by atomic mass is 10.1. The van der Waals surface area contributed by atoms with Gasteiger partial charge in [0.25, 0.3) is 5.91 Å². The summed E-state index contributed by atoms with van der Waals surface area (Å²) in [4.78, 5) is 13.0. The average molecular weight is 316 g/mol. The summed E-state index contributed by atoms with van der Waals surface area (Å²) < 4.78 is 1.02. The summed E-state index contributed by atoms with van der Waals surface area (Å²) in [7, 11) is 0. The van der Waals surface area contributed by atoms with Crippen molar-refractivity contribution in [2.24, 2.45) is 0 Å². The number of hydrogen-bond acceptors (Lipinski definition) is 2. The molecule has 3 rings (SSSR count). The number of rotatable bonds is 2. The lowest BCUT2D eigenvalue weighted by molar-refractivity contribution is 0.103. The highest BCUT2D eigenvalue weighted by molar-refractivity contribution is 7.21. The summed E-state index contributed by atoms with van der Waals surface area (Å²) in [6.07, 6.45) is 0. The van der Waals surface area contributed by atoms with Crippen LogP contribution in [0.25, 0.3) is 10.1 Å². The number of amides is 1. The fraction of sp³-hybridized carbons (Fsp3) is 0.118. The van der Waals surface area contributed by atoms with E-state index < -0.39 is 0 Å². The Morgan fingerprint density at radius 3 is 2.43 bits per heavy atom. The average Bonchev–Trinajstić information content (AvgIpc) is 2.76. The van der Waals surface area contributed by atoms with Gasteiger partial charge in [-0.3, -0.25) is 4.79 Å². The Labute approximate surface area is 132 Å². The van der Waals surface area contributed by atoms with Gasteiger partial charge in [0.2, 0.25) is 0 Å². The lowest BCUT2D eigenvalue weighted by Crippen LogP contribution is -2.10. The molecular formula is C17H14ClNOS. The van der Waals surface area contributed by atoms with E-state index in [4.69, 9.17) is 11.6 Å². The summed E-state index contributed by atoms with van der Waals surface area (Å²) in [6.45, 7) is 4.02. The first kappa shape index (κ1) is 14.1. The van der Waals surface area contributed by atoms with Crippen molar-refractivity contribution in [2.75, 3.05) is 5.32 Å². The van der Waals surface area contributed by atoms with Crippen molar-refractivity contribution in [3.05, 3.63) is 63.5 Å². The van der Waals surface area contributed by atoms with E-state index in [2.05, 4.69) is 11.4 Å². The number of carbonyl (C=O) groups excluding carboxylic acids is 1. The summed E-state index contributed by atoms with van der Waals surface area (Å²) in [5, 5.41) is 4.38. The molecule has 4 heteroatoms. The molecule has 0 atom stereocenters. The number of aryl methyl sites for hydroxylation is 2. The third-order valence-electron chi connectivity index (χ3n) is 3.22. The standard InChI is InChI=1S/C17H14ClNOS/c1-10-7-11(2)9-12(8-10)19-17(20)16-15(18)13-5-3-4-6-14(13)21-16/h3-9H,1-2H3,(H,19,20). The quantitative estimate of drug-likeness (QED) is 0.671. The van der Waals surface area contributed by atoms with Crippen LogP contribution in [0, 0.1) is 13.8 Å². The number of nitrogens with one attached hydrogen (secondary N) is 1. The van der Waals surface area contributed by atoms with E-state index in [9.17, 15) is 4.79 Å². The molecule has 0 radical (unpaired) electrons. The molecule has 1 amide bonds. The van der Waals surface area contributed by atoms with E-state index in [0.29, 0.717) is 9.90 Å². The third kappa shape index (κ3) is 2.80. The van der Waals surface area contributed by atoms with Gasteiger partial charge >= 0.3 is 0 Å². The fourth-order valence-corrected chi connectivity index (χ4v) is 3.81. The first-order chi connectivity index (χ1) is 10.0. The maximum atomic E-state index is 12.4. The highest BCUT2D eigenvalue weighted by Gasteiger charge is 2.17. The van der Waals surface area contributed by atoms with Gasteiger partial charge in [0.1, 0.15) is 4.88 Å². The molecule has 0 unspecified atom stereocenters. The zero-order valence-electron chi connectivity index (χ0n) is 11.7. The Balaban J connectivity index is 1.95. The highest BCUT2D eigenvalue weighted by Crippen LogP contribution is 2.35. The predicted molar refractivity (Wildman–Crippen MR) is 90.7 cm³/mol. The van der Waals surface area contributed by atoms with Crippen LogP contribution in [0.4, 0.5) is 5.69 Å². The number of halogens is 1. The van der Waals surface area contributed by atoms with Crippen LogP contribution in [-0.4, -0.2) is 5.91 Å². The van der Waals surface area contributed by atoms with E-state index in [1.807, 2.05) is 50.2 Å². The molecule has 3 aromatic rings. The van der Waals surface area contributed by atoms with Crippen molar-refractivity contribution in [1.29, 1.82) is 0 Å². The number of thiophene rings is 1. The van der Waals surface area contributed by atoms with Gasteiger partial charge in [-0.15, -0.1) is 11.3 Å². The Morgan fingerprint density at radius 1 is 1.10 bits per heavy atom. The fourth-order valence-electron chi connectivity index (χ4n) is 2.39. The molecule has 0 spiro atoms. The van der Waals surface area contributed by atoms with Gasteiger partial charge in [0.15, 0.2) is 0 Å². The molecule has 1 aromatic heterocycles. The van der Waals surface area contributed by atoms with Crippen LogP contribution < -0.4 is 5.32 Å². The molecule has 0 saturated heterocycles. The zero-order valence-corrected chi connectivity index (χ0v) is 13.3. The minimum Gasteiger partial charge on any atom is -0.321 e. The zero-order chi connectivity index (χ0) is 15.0. The molecule has 21 heavy (non-hydrogen) atoms. The molecule has 0 bridgehead atoms. The van der Waals surface area contributed by atoms with Crippen molar-refractivity contribution >= 4 is 44.6 Å². The van der Waals surface area contributed by atoms with Crippen molar-refractivity contribution in [3.8, 4) is 0 Å². The van der Waals surface area contributed by atoms with Gasteiger partial charge in [0.05, 0.1) is 5.02 Å². The van der Waals surface area contributed by atoms with Crippen molar-refractivity contribution in [1.82, 2.24) is 0 Å². The summed E-state index contributed by atoms with van der Waals surface area (Å²) in [5.41, 5.74) is 3.03. The molecule has 2 nitrogen and oxygen atoms in total. The maximum Gasteiger partial charge on any atom is 0.267 e. The van der Waals surface area contributed by atoms with Crippen molar-refractivity contribution in [2.45, 2.75) is 13.8 Å². The largest absolute Gasteiger partial charge is 0.321 e. The van der Waals surface area contributed by atoms with Crippen LogP contribution in [0.5, 0.6) is 0 Å². The van der Waals surface area contributed by atoms with E-state index >= 15 is 0 Å². The first-order valence-electron chi connectivity index (χ1n) is 6.61. The van der Waals surface area contributed by atoms with Gasteiger partial charge in [-0.1, -0.05) is 35.9 Å². The maximum absolute atomic E-state index is 12.4. The molecule has 0 aliphatic heterocycles. The van der Waals surface area contributed by atoms with E-state index in [1.54, 1.807) is 0 Å². The second-order valence-corrected chi connectivity index (χ2v) is 6.50.